The molecule has 1 aromatic heterocycles. The van der Waals surface area contributed by atoms with E-state index in [0.29, 0.717) is 17.9 Å². The van der Waals surface area contributed by atoms with Crippen LogP contribution in [-0.4, -0.2) is 35.8 Å². The molecule has 2 rings (SSSR count). The van der Waals surface area contributed by atoms with E-state index in [1.54, 1.807) is 14.1 Å². The molecule has 0 aromatic carbocycles. The highest BCUT2D eigenvalue weighted by Crippen LogP contribution is 2.38. The minimum absolute atomic E-state index is 0.0305. The number of rotatable bonds is 1. The van der Waals surface area contributed by atoms with Crippen LogP contribution in [0.5, 0.6) is 0 Å². The molecule has 1 aliphatic carbocycles. The summed E-state index contributed by atoms with van der Waals surface area (Å²) >= 11 is 0. The molecule has 1 N–H and O–H groups in total. The maximum absolute atomic E-state index is 12.1. The Labute approximate surface area is 112 Å². The van der Waals surface area contributed by atoms with Gasteiger partial charge in [-0.3, -0.25) is 4.79 Å². The second-order valence-corrected chi connectivity index (χ2v) is 6.12. The van der Waals surface area contributed by atoms with Gasteiger partial charge < -0.3 is 14.5 Å². The van der Waals surface area contributed by atoms with Gasteiger partial charge in [0.2, 0.25) is 0 Å². The van der Waals surface area contributed by atoms with Crippen LogP contribution >= 0.6 is 0 Å². The Bertz CT molecular complexity index is 553. The summed E-state index contributed by atoms with van der Waals surface area (Å²) in [5.74, 6) is 0.919. The summed E-state index contributed by atoms with van der Waals surface area (Å²) < 4.78 is 5.74. The third-order valence-electron chi connectivity index (χ3n) is 3.51. The van der Waals surface area contributed by atoms with Crippen LogP contribution in [0.1, 0.15) is 47.7 Å². The Morgan fingerprint density at radius 3 is 2.53 bits per heavy atom. The second kappa shape index (κ2) is 4.40. The Kier molecular flexibility index (Phi) is 3.16. The predicted molar refractivity (Wildman–Crippen MR) is 71.9 cm³/mol. The predicted octanol–water partition coefficient (Wildman–Crippen LogP) is 2.44. The van der Waals surface area contributed by atoms with Crippen molar-refractivity contribution in [3.05, 3.63) is 22.6 Å². The Morgan fingerprint density at radius 1 is 1.37 bits per heavy atom. The SMILES string of the molecule is Cc1c(C(=O)N(C)C)oc2c1/C(=N\O)CC(C)(C)C2. The smallest absolute Gasteiger partial charge is 0.289 e. The lowest BCUT2D eigenvalue weighted by molar-refractivity contribution is 0.0792. The maximum atomic E-state index is 12.1. The standard InChI is InChI=1S/C14H20N2O3/c1-8-11-9(15-18)6-14(2,3)7-10(11)19-12(8)13(17)16(4)5/h18H,6-7H2,1-5H3/b15-9-. The monoisotopic (exact) mass is 264 g/mol. The summed E-state index contributed by atoms with van der Waals surface area (Å²) in [5, 5.41) is 12.6. The average molecular weight is 264 g/mol. The van der Waals surface area contributed by atoms with Gasteiger partial charge in [0.25, 0.3) is 5.91 Å². The van der Waals surface area contributed by atoms with Crippen LogP contribution in [0.4, 0.5) is 0 Å². The quantitative estimate of drug-likeness (QED) is 0.626. The summed E-state index contributed by atoms with van der Waals surface area (Å²) in [5.41, 5.74) is 2.13. The zero-order valence-electron chi connectivity index (χ0n) is 12.1. The number of amides is 1. The summed E-state index contributed by atoms with van der Waals surface area (Å²) in [4.78, 5) is 13.6. The maximum Gasteiger partial charge on any atom is 0.289 e. The van der Waals surface area contributed by atoms with Crippen molar-refractivity contribution in [1.29, 1.82) is 0 Å². The molecule has 1 aliphatic rings. The molecule has 0 saturated carbocycles. The van der Waals surface area contributed by atoms with Crippen molar-refractivity contribution in [1.82, 2.24) is 4.90 Å². The summed E-state index contributed by atoms with van der Waals surface area (Å²) in [7, 11) is 3.38. The molecule has 0 unspecified atom stereocenters. The van der Waals surface area contributed by atoms with Gasteiger partial charge in [0.1, 0.15) is 5.76 Å². The molecule has 0 radical (unpaired) electrons. The lowest BCUT2D eigenvalue weighted by Gasteiger charge is -2.28. The van der Waals surface area contributed by atoms with Gasteiger partial charge in [-0.2, -0.15) is 0 Å². The fourth-order valence-corrected chi connectivity index (χ4v) is 2.61. The van der Waals surface area contributed by atoms with Crippen LogP contribution in [0.3, 0.4) is 0 Å². The van der Waals surface area contributed by atoms with Crippen LogP contribution < -0.4 is 0 Å². The van der Waals surface area contributed by atoms with E-state index in [2.05, 4.69) is 19.0 Å². The molecule has 0 atom stereocenters. The third-order valence-corrected chi connectivity index (χ3v) is 3.51. The van der Waals surface area contributed by atoms with Crippen molar-refractivity contribution in [2.45, 2.75) is 33.6 Å². The van der Waals surface area contributed by atoms with E-state index in [1.165, 1.54) is 4.90 Å². The highest BCUT2D eigenvalue weighted by Gasteiger charge is 2.36. The van der Waals surface area contributed by atoms with Gasteiger partial charge >= 0.3 is 0 Å². The zero-order valence-corrected chi connectivity index (χ0v) is 12.1. The van der Waals surface area contributed by atoms with Crippen molar-refractivity contribution in [3.8, 4) is 0 Å². The molecule has 5 nitrogen and oxygen atoms in total. The first-order valence-corrected chi connectivity index (χ1v) is 6.32. The third kappa shape index (κ3) is 2.25. The highest BCUT2D eigenvalue weighted by atomic mass is 16.4. The number of furan rings is 1. The van der Waals surface area contributed by atoms with E-state index >= 15 is 0 Å². The van der Waals surface area contributed by atoms with Crippen LogP contribution in [0.25, 0.3) is 0 Å². The van der Waals surface area contributed by atoms with Gasteiger partial charge in [-0.1, -0.05) is 19.0 Å². The van der Waals surface area contributed by atoms with Gasteiger partial charge in [-0.25, -0.2) is 0 Å². The van der Waals surface area contributed by atoms with Crippen LogP contribution in [0.15, 0.2) is 9.57 Å². The van der Waals surface area contributed by atoms with E-state index in [0.717, 1.165) is 23.3 Å². The van der Waals surface area contributed by atoms with E-state index in [-0.39, 0.29) is 11.3 Å². The Hall–Kier alpha value is -1.78. The minimum Gasteiger partial charge on any atom is -0.455 e. The number of carbonyl (C=O) groups is 1. The van der Waals surface area contributed by atoms with E-state index in [9.17, 15) is 10.0 Å². The molecule has 1 amide bonds. The van der Waals surface area contributed by atoms with Gasteiger partial charge in [-0.05, 0) is 18.8 Å². The molecule has 0 saturated heterocycles. The molecule has 5 heteroatoms. The Morgan fingerprint density at radius 2 is 2.00 bits per heavy atom. The molecule has 0 fully saturated rings. The van der Waals surface area contributed by atoms with Crippen molar-refractivity contribution in [2.24, 2.45) is 10.6 Å². The van der Waals surface area contributed by atoms with Gasteiger partial charge in [0.15, 0.2) is 5.76 Å². The molecule has 1 heterocycles. The fourth-order valence-electron chi connectivity index (χ4n) is 2.61. The number of hydrogen-bond donors (Lipinski definition) is 1. The van der Waals surface area contributed by atoms with E-state index in [4.69, 9.17) is 4.42 Å². The minimum atomic E-state index is -0.165. The first-order chi connectivity index (χ1) is 8.76. The number of carbonyl (C=O) groups excluding carboxylic acids is 1. The number of nitrogens with zero attached hydrogens (tertiary/aromatic N) is 2. The normalized spacial score (nSPS) is 19.3. The van der Waals surface area contributed by atoms with Gasteiger partial charge in [-0.15, -0.1) is 0 Å². The van der Waals surface area contributed by atoms with E-state index < -0.39 is 0 Å². The lowest BCUT2D eigenvalue weighted by atomic mass is 9.75. The number of hydrogen-bond acceptors (Lipinski definition) is 4. The topological polar surface area (TPSA) is 66.0 Å². The van der Waals surface area contributed by atoms with Crippen molar-refractivity contribution >= 4 is 11.6 Å². The average Bonchev–Trinajstić information content (AvgIpc) is 2.62. The lowest BCUT2D eigenvalue weighted by Crippen LogP contribution is -2.27. The highest BCUT2D eigenvalue weighted by molar-refractivity contribution is 6.06. The molecule has 0 spiro atoms. The number of oxime groups is 1. The zero-order chi connectivity index (χ0) is 14.4. The summed E-state index contributed by atoms with van der Waals surface area (Å²) in [6, 6.07) is 0. The van der Waals surface area contributed by atoms with Crippen LogP contribution in [0, 0.1) is 12.3 Å². The molecular weight excluding hydrogens is 244 g/mol. The summed E-state index contributed by atoms with van der Waals surface area (Å²) in [6.07, 6.45) is 1.41. The van der Waals surface area contributed by atoms with Crippen LogP contribution in [0.2, 0.25) is 0 Å². The van der Waals surface area contributed by atoms with Gasteiger partial charge in [0.05, 0.1) is 5.71 Å². The van der Waals surface area contributed by atoms with Crippen molar-refractivity contribution in [2.75, 3.05) is 14.1 Å². The molecular formula is C14H20N2O3. The molecule has 0 bridgehead atoms. The fraction of sp³-hybridized carbons (Fsp3) is 0.571. The van der Waals surface area contributed by atoms with Crippen LogP contribution in [-0.2, 0) is 6.42 Å². The van der Waals surface area contributed by atoms with E-state index in [1.807, 2.05) is 6.92 Å². The second-order valence-electron chi connectivity index (χ2n) is 6.12. The number of fused-ring (bicyclic) bond motifs is 1. The first-order valence-electron chi connectivity index (χ1n) is 6.32. The largest absolute Gasteiger partial charge is 0.455 e. The Balaban J connectivity index is 2.57. The van der Waals surface area contributed by atoms with Crippen molar-refractivity contribution in [3.63, 3.8) is 0 Å². The molecule has 19 heavy (non-hydrogen) atoms. The first kappa shape index (κ1) is 13.6. The van der Waals surface area contributed by atoms with Gasteiger partial charge in [0, 0.05) is 31.6 Å². The molecule has 0 aliphatic heterocycles. The van der Waals surface area contributed by atoms with Crippen molar-refractivity contribution < 1.29 is 14.4 Å². The molecule has 1 aromatic rings. The summed E-state index contributed by atoms with van der Waals surface area (Å²) in [6.45, 7) is 6.02. The molecule has 104 valence electrons.